The van der Waals surface area contributed by atoms with Crippen LogP contribution in [0.5, 0.6) is 0 Å². The fourth-order valence-electron chi connectivity index (χ4n) is 2.13. The van der Waals surface area contributed by atoms with E-state index in [9.17, 15) is 4.79 Å². The normalized spacial score (nSPS) is 33.2. The predicted molar refractivity (Wildman–Crippen MR) is 47.8 cm³/mol. The second-order valence-electron chi connectivity index (χ2n) is 4.15. The Balaban J connectivity index is 2.80. The maximum atomic E-state index is 10.8. The van der Waals surface area contributed by atoms with E-state index in [4.69, 9.17) is 5.11 Å². The zero-order valence-corrected chi connectivity index (χ0v) is 8.09. The molecule has 0 unspecified atom stereocenters. The fourth-order valence-corrected chi connectivity index (χ4v) is 2.13. The van der Waals surface area contributed by atoms with Crippen LogP contribution in [0.25, 0.3) is 0 Å². The maximum absolute atomic E-state index is 10.8. The summed E-state index contributed by atoms with van der Waals surface area (Å²) in [4.78, 5) is 10.8. The van der Waals surface area contributed by atoms with Crippen LogP contribution in [0, 0.1) is 17.3 Å². The van der Waals surface area contributed by atoms with Crippen LogP contribution in [-0.4, -0.2) is 11.1 Å². The highest BCUT2D eigenvalue weighted by atomic mass is 16.4. The average molecular weight is 168 g/mol. The molecule has 12 heavy (non-hydrogen) atoms. The lowest BCUT2D eigenvalue weighted by Crippen LogP contribution is -2.03. The number of hydrogen-bond donors (Lipinski definition) is 1. The molecular formula is C10H16O2. The van der Waals surface area contributed by atoms with Crippen LogP contribution in [0.4, 0.5) is 0 Å². The molecule has 2 nitrogen and oxygen atoms in total. The molecule has 1 saturated carbocycles. The van der Waals surface area contributed by atoms with Crippen molar-refractivity contribution in [2.75, 3.05) is 0 Å². The average Bonchev–Trinajstić information content (AvgIpc) is 2.52. The van der Waals surface area contributed by atoms with Gasteiger partial charge in [-0.1, -0.05) is 25.5 Å². The van der Waals surface area contributed by atoms with Gasteiger partial charge in [-0.3, -0.25) is 4.79 Å². The van der Waals surface area contributed by atoms with Gasteiger partial charge in [-0.25, -0.2) is 0 Å². The molecule has 1 aliphatic carbocycles. The summed E-state index contributed by atoms with van der Waals surface area (Å²) in [6, 6.07) is 0. The van der Waals surface area contributed by atoms with E-state index in [1.165, 1.54) is 5.57 Å². The highest BCUT2D eigenvalue weighted by Gasteiger charge is 2.62. The molecule has 0 aliphatic heterocycles. The molecule has 0 aromatic rings. The van der Waals surface area contributed by atoms with Gasteiger partial charge in [-0.15, -0.1) is 0 Å². The summed E-state index contributed by atoms with van der Waals surface area (Å²) in [6.07, 6.45) is 2.01. The first kappa shape index (κ1) is 9.30. The highest BCUT2D eigenvalue weighted by Crippen LogP contribution is 2.61. The first-order valence-electron chi connectivity index (χ1n) is 4.28. The topological polar surface area (TPSA) is 37.3 Å². The SMILES string of the molecule is CC=C(C)[C@H]1[C@H](C(=O)O)C1(C)C. The largest absolute Gasteiger partial charge is 0.481 e. The van der Waals surface area contributed by atoms with Gasteiger partial charge in [0.2, 0.25) is 0 Å². The minimum Gasteiger partial charge on any atom is -0.481 e. The summed E-state index contributed by atoms with van der Waals surface area (Å²) in [5, 5.41) is 8.88. The molecule has 0 heterocycles. The van der Waals surface area contributed by atoms with Crippen LogP contribution < -0.4 is 0 Å². The van der Waals surface area contributed by atoms with Gasteiger partial charge >= 0.3 is 5.97 Å². The number of allylic oxidation sites excluding steroid dienone is 2. The first-order valence-corrected chi connectivity index (χ1v) is 4.28. The van der Waals surface area contributed by atoms with E-state index in [1.807, 2.05) is 33.8 Å². The number of hydrogen-bond acceptors (Lipinski definition) is 1. The van der Waals surface area contributed by atoms with Crippen LogP contribution >= 0.6 is 0 Å². The van der Waals surface area contributed by atoms with E-state index in [1.54, 1.807) is 0 Å². The number of aliphatic carboxylic acids is 1. The number of carboxylic acids is 1. The quantitative estimate of drug-likeness (QED) is 0.642. The second-order valence-corrected chi connectivity index (χ2v) is 4.15. The smallest absolute Gasteiger partial charge is 0.307 e. The molecule has 1 rings (SSSR count). The Hall–Kier alpha value is -0.790. The summed E-state index contributed by atoms with van der Waals surface area (Å²) >= 11 is 0. The van der Waals surface area contributed by atoms with E-state index in [0.717, 1.165) is 0 Å². The summed E-state index contributed by atoms with van der Waals surface area (Å²) in [7, 11) is 0. The third-order valence-corrected chi connectivity index (χ3v) is 3.04. The Labute approximate surface area is 73.3 Å². The van der Waals surface area contributed by atoms with Crippen LogP contribution in [0.3, 0.4) is 0 Å². The number of rotatable bonds is 2. The molecule has 1 N–H and O–H groups in total. The monoisotopic (exact) mass is 168 g/mol. The van der Waals surface area contributed by atoms with Gasteiger partial charge in [-0.2, -0.15) is 0 Å². The van der Waals surface area contributed by atoms with Crippen molar-refractivity contribution in [3.8, 4) is 0 Å². The molecule has 0 saturated heterocycles. The van der Waals surface area contributed by atoms with E-state index < -0.39 is 5.97 Å². The summed E-state index contributed by atoms with van der Waals surface area (Å²) in [5.41, 5.74) is 1.16. The minimum absolute atomic E-state index is 0.0393. The lowest BCUT2D eigenvalue weighted by Gasteiger charge is -2.00. The molecule has 0 aromatic carbocycles. The molecule has 0 amide bonds. The standard InChI is InChI=1S/C10H16O2/c1-5-6(2)7-8(9(11)12)10(7,3)4/h5,7-8H,1-4H3,(H,11,12)/t7-,8+/m0/s1. The van der Waals surface area contributed by atoms with Crippen LogP contribution in [0.2, 0.25) is 0 Å². The predicted octanol–water partition coefficient (Wildman–Crippen LogP) is 2.31. The Morgan fingerprint density at radius 3 is 2.17 bits per heavy atom. The van der Waals surface area contributed by atoms with Crippen molar-refractivity contribution in [2.45, 2.75) is 27.7 Å². The van der Waals surface area contributed by atoms with Gasteiger partial charge in [0.1, 0.15) is 0 Å². The van der Waals surface area contributed by atoms with Crippen molar-refractivity contribution in [3.05, 3.63) is 11.6 Å². The van der Waals surface area contributed by atoms with Crippen LogP contribution in [0.1, 0.15) is 27.7 Å². The van der Waals surface area contributed by atoms with Crippen molar-refractivity contribution < 1.29 is 9.90 Å². The van der Waals surface area contributed by atoms with Gasteiger partial charge in [0.05, 0.1) is 5.92 Å². The zero-order chi connectivity index (χ0) is 9.52. The molecule has 1 fully saturated rings. The molecule has 0 aromatic heterocycles. The summed E-state index contributed by atoms with van der Waals surface area (Å²) in [5.74, 6) is -0.583. The van der Waals surface area contributed by atoms with Crippen molar-refractivity contribution in [1.82, 2.24) is 0 Å². The van der Waals surface area contributed by atoms with Crippen molar-refractivity contribution >= 4 is 5.97 Å². The van der Waals surface area contributed by atoms with Gasteiger partial charge in [-0.05, 0) is 25.2 Å². The fraction of sp³-hybridized carbons (Fsp3) is 0.700. The Morgan fingerprint density at radius 2 is 1.92 bits per heavy atom. The zero-order valence-electron chi connectivity index (χ0n) is 8.09. The van der Waals surface area contributed by atoms with Crippen molar-refractivity contribution in [3.63, 3.8) is 0 Å². The molecule has 2 atom stereocenters. The van der Waals surface area contributed by atoms with E-state index in [-0.39, 0.29) is 17.3 Å². The van der Waals surface area contributed by atoms with Crippen molar-refractivity contribution in [1.29, 1.82) is 0 Å². The Morgan fingerprint density at radius 1 is 1.42 bits per heavy atom. The molecular weight excluding hydrogens is 152 g/mol. The van der Waals surface area contributed by atoms with Crippen LogP contribution in [0.15, 0.2) is 11.6 Å². The molecule has 68 valence electrons. The lowest BCUT2D eigenvalue weighted by atomic mass is 10.0. The molecule has 1 aliphatic rings. The number of carbonyl (C=O) groups is 1. The minimum atomic E-state index is -0.661. The van der Waals surface area contributed by atoms with Gasteiger partial charge < -0.3 is 5.11 Å². The number of carboxylic acid groups (broad SMARTS) is 1. The summed E-state index contributed by atoms with van der Waals surface area (Å²) in [6.45, 7) is 8.00. The second kappa shape index (κ2) is 2.61. The third-order valence-electron chi connectivity index (χ3n) is 3.04. The van der Waals surface area contributed by atoms with E-state index in [2.05, 4.69) is 0 Å². The van der Waals surface area contributed by atoms with Gasteiger partial charge in [0.25, 0.3) is 0 Å². The van der Waals surface area contributed by atoms with Gasteiger partial charge in [0, 0.05) is 0 Å². The summed E-state index contributed by atoms with van der Waals surface area (Å²) < 4.78 is 0. The van der Waals surface area contributed by atoms with Gasteiger partial charge in [0.15, 0.2) is 0 Å². The van der Waals surface area contributed by atoms with Crippen molar-refractivity contribution in [2.24, 2.45) is 17.3 Å². The molecule has 0 spiro atoms. The van der Waals surface area contributed by atoms with E-state index >= 15 is 0 Å². The highest BCUT2D eigenvalue weighted by molar-refractivity contribution is 5.76. The first-order chi connectivity index (χ1) is 5.42. The van der Waals surface area contributed by atoms with E-state index in [0.29, 0.717) is 0 Å². The lowest BCUT2D eigenvalue weighted by molar-refractivity contribution is -0.139. The molecule has 0 bridgehead atoms. The Bertz CT molecular complexity index is 238. The third kappa shape index (κ3) is 1.15. The maximum Gasteiger partial charge on any atom is 0.307 e. The van der Waals surface area contributed by atoms with Crippen LogP contribution in [-0.2, 0) is 4.79 Å². The Kier molecular flexibility index (Phi) is 2.02. The molecule has 0 radical (unpaired) electrons. The molecule has 2 heteroatoms.